The standard InChI is InChI=1S/C19H25NO/c1-19(2,3)17-12-8-11-16(13-20-4)18(17)21-14-15-9-6-5-7-10-15/h5-12,20H,13-14H2,1-4H3. The van der Waals surface area contributed by atoms with E-state index in [0.29, 0.717) is 6.61 Å². The quantitative estimate of drug-likeness (QED) is 0.884. The van der Waals surface area contributed by atoms with Crippen LogP contribution in [0.3, 0.4) is 0 Å². The number of rotatable bonds is 5. The van der Waals surface area contributed by atoms with E-state index in [1.807, 2.05) is 25.2 Å². The second-order valence-electron chi connectivity index (χ2n) is 6.35. The summed E-state index contributed by atoms with van der Waals surface area (Å²) in [6.45, 7) is 8.08. The Labute approximate surface area is 128 Å². The van der Waals surface area contributed by atoms with Gasteiger partial charge in [0.2, 0.25) is 0 Å². The van der Waals surface area contributed by atoms with Gasteiger partial charge in [0.05, 0.1) is 0 Å². The van der Waals surface area contributed by atoms with Gasteiger partial charge in [0.15, 0.2) is 0 Å². The predicted molar refractivity (Wildman–Crippen MR) is 88.7 cm³/mol. The van der Waals surface area contributed by atoms with Crippen molar-refractivity contribution in [1.82, 2.24) is 5.32 Å². The molecule has 2 heteroatoms. The van der Waals surface area contributed by atoms with E-state index >= 15 is 0 Å². The topological polar surface area (TPSA) is 21.3 Å². The normalized spacial score (nSPS) is 11.4. The number of para-hydroxylation sites is 1. The van der Waals surface area contributed by atoms with Crippen LogP contribution < -0.4 is 10.1 Å². The lowest BCUT2D eigenvalue weighted by molar-refractivity contribution is 0.293. The van der Waals surface area contributed by atoms with Crippen LogP contribution in [0.2, 0.25) is 0 Å². The molecule has 2 aromatic rings. The minimum Gasteiger partial charge on any atom is -0.488 e. The number of hydrogen-bond donors (Lipinski definition) is 1. The zero-order chi connectivity index (χ0) is 15.3. The van der Waals surface area contributed by atoms with Gasteiger partial charge in [-0.3, -0.25) is 0 Å². The van der Waals surface area contributed by atoms with E-state index in [4.69, 9.17) is 4.74 Å². The van der Waals surface area contributed by atoms with Crippen LogP contribution in [0, 0.1) is 0 Å². The maximum Gasteiger partial charge on any atom is 0.128 e. The molecule has 2 rings (SSSR count). The van der Waals surface area contributed by atoms with Gasteiger partial charge in [0.1, 0.15) is 12.4 Å². The summed E-state index contributed by atoms with van der Waals surface area (Å²) in [6, 6.07) is 16.7. The first-order valence-corrected chi connectivity index (χ1v) is 7.46. The number of nitrogens with one attached hydrogen (secondary N) is 1. The lowest BCUT2D eigenvalue weighted by atomic mass is 9.85. The van der Waals surface area contributed by atoms with E-state index < -0.39 is 0 Å². The lowest BCUT2D eigenvalue weighted by Crippen LogP contribution is -2.16. The molecule has 0 fully saturated rings. The molecule has 0 saturated heterocycles. The van der Waals surface area contributed by atoms with Gasteiger partial charge in [-0.1, -0.05) is 69.3 Å². The van der Waals surface area contributed by atoms with Crippen LogP contribution in [-0.2, 0) is 18.6 Å². The van der Waals surface area contributed by atoms with Crippen LogP contribution >= 0.6 is 0 Å². The summed E-state index contributed by atoms with van der Waals surface area (Å²) in [7, 11) is 1.96. The predicted octanol–water partition coefficient (Wildman–Crippen LogP) is 4.28. The highest BCUT2D eigenvalue weighted by molar-refractivity contribution is 5.45. The van der Waals surface area contributed by atoms with Gasteiger partial charge in [-0.25, -0.2) is 0 Å². The minimum absolute atomic E-state index is 0.0653. The average Bonchev–Trinajstić information content (AvgIpc) is 2.46. The molecule has 0 aliphatic rings. The molecule has 0 heterocycles. The molecule has 21 heavy (non-hydrogen) atoms. The van der Waals surface area contributed by atoms with Gasteiger partial charge in [-0.2, -0.15) is 0 Å². The van der Waals surface area contributed by atoms with Crippen molar-refractivity contribution in [2.75, 3.05) is 7.05 Å². The fourth-order valence-corrected chi connectivity index (χ4v) is 2.41. The molecular weight excluding hydrogens is 258 g/mol. The Morgan fingerprint density at radius 1 is 0.952 bits per heavy atom. The average molecular weight is 283 g/mol. The van der Waals surface area contributed by atoms with Crippen LogP contribution in [-0.4, -0.2) is 7.05 Å². The van der Waals surface area contributed by atoms with Crippen LogP contribution in [0.5, 0.6) is 5.75 Å². The SMILES string of the molecule is CNCc1cccc(C(C)(C)C)c1OCc1ccccc1. The molecule has 0 saturated carbocycles. The second-order valence-corrected chi connectivity index (χ2v) is 6.35. The molecule has 0 atom stereocenters. The summed E-state index contributed by atoms with van der Waals surface area (Å²) in [5, 5.41) is 3.22. The number of hydrogen-bond acceptors (Lipinski definition) is 2. The molecule has 2 nitrogen and oxygen atoms in total. The summed E-state index contributed by atoms with van der Waals surface area (Å²) < 4.78 is 6.19. The Hall–Kier alpha value is -1.80. The molecule has 0 aliphatic heterocycles. The van der Waals surface area contributed by atoms with E-state index in [-0.39, 0.29) is 5.41 Å². The van der Waals surface area contributed by atoms with E-state index in [1.54, 1.807) is 0 Å². The molecule has 1 N–H and O–H groups in total. The van der Waals surface area contributed by atoms with Crippen molar-refractivity contribution in [2.45, 2.75) is 39.3 Å². The van der Waals surface area contributed by atoms with Gasteiger partial charge in [0.25, 0.3) is 0 Å². The Kier molecular flexibility index (Phi) is 5.03. The van der Waals surface area contributed by atoms with E-state index in [2.05, 4.69) is 56.4 Å². The Morgan fingerprint density at radius 3 is 2.29 bits per heavy atom. The largest absolute Gasteiger partial charge is 0.488 e. The van der Waals surface area contributed by atoms with Crippen molar-refractivity contribution in [1.29, 1.82) is 0 Å². The highest BCUT2D eigenvalue weighted by Gasteiger charge is 2.21. The van der Waals surface area contributed by atoms with E-state index in [0.717, 1.165) is 12.3 Å². The zero-order valence-corrected chi connectivity index (χ0v) is 13.4. The summed E-state index contributed by atoms with van der Waals surface area (Å²) in [5.41, 5.74) is 3.72. The monoisotopic (exact) mass is 283 g/mol. The third-order valence-corrected chi connectivity index (χ3v) is 3.50. The smallest absolute Gasteiger partial charge is 0.128 e. The highest BCUT2D eigenvalue weighted by Crippen LogP contribution is 2.34. The second kappa shape index (κ2) is 6.77. The first kappa shape index (κ1) is 15.6. The minimum atomic E-state index is 0.0653. The highest BCUT2D eigenvalue weighted by atomic mass is 16.5. The van der Waals surface area contributed by atoms with E-state index in [1.165, 1.54) is 16.7 Å². The van der Waals surface area contributed by atoms with Gasteiger partial charge < -0.3 is 10.1 Å². The van der Waals surface area contributed by atoms with Crippen molar-refractivity contribution >= 4 is 0 Å². The van der Waals surface area contributed by atoms with Crippen LogP contribution in [0.4, 0.5) is 0 Å². The zero-order valence-electron chi connectivity index (χ0n) is 13.4. The molecule has 0 unspecified atom stereocenters. The van der Waals surface area contributed by atoms with Crippen molar-refractivity contribution in [3.05, 3.63) is 65.2 Å². The molecule has 0 bridgehead atoms. The van der Waals surface area contributed by atoms with Crippen LogP contribution in [0.15, 0.2) is 48.5 Å². The van der Waals surface area contributed by atoms with Gasteiger partial charge in [0, 0.05) is 12.1 Å². The summed E-state index contributed by atoms with van der Waals surface area (Å²) >= 11 is 0. The molecule has 0 aromatic heterocycles. The van der Waals surface area contributed by atoms with E-state index in [9.17, 15) is 0 Å². The molecule has 0 aliphatic carbocycles. The van der Waals surface area contributed by atoms with Crippen molar-refractivity contribution in [2.24, 2.45) is 0 Å². The molecule has 0 radical (unpaired) electrons. The Bertz CT molecular complexity index is 570. The molecule has 0 spiro atoms. The summed E-state index contributed by atoms with van der Waals surface area (Å²) in [6.07, 6.45) is 0. The number of ether oxygens (including phenoxy) is 1. The first-order valence-electron chi connectivity index (χ1n) is 7.46. The fourth-order valence-electron chi connectivity index (χ4n) is 2.41. The molecular formula is C19H25NO. The van der Waals surface area contributed by atoms with Gasteiger partial charge in [-0.05, 0) is 23.6 Å². The first-order chi connectivity index (χ1) is 10.0. The fraction of sp³-hybridized carbons (Fsp3) is 0.368. The number of benzene rings is 2. The van der Waals surface area contributed by atoms with Crippen molar-refractivity contribution in [3.8, 4) is 5.75 Å². The maximum absolute atomic E-state index is 6.19. The third kappa shape index (κ3) is 4.08. The van der Waals surface area contributed by atoms with Crippen molar-refractivity contribution < 1.29 is 4.74 Å². The van der Waals surface area contributed by atoms with Gasteiger partial charge >= 0.3 is 0 Å². The third-order valence-electron chi connectivity index (χ3n) is 3.50. The van der Waals surface area contributed by atoms with Gasteiger partial charge in [-0.15, -0.1) is 0 Å². The summed E-state index contributed by atoms with van der Waals surface area (Å²) in [4.78, 5) is 0. The molecule has 2 aromatic carbocycles. The summed E-state index contributed by atoms with van der Waals surface area (Å²) in [5.74, 6) is 1.02. The molecule has 0 amide bonds. The Balaban J connectivity index is 2.30. The van der Waals surface area contributed by atoms with Crippen LogP contribution in [0.1, 0.15) is 37.5 Å². The maximum atomic E-state index is 6.19. The van der Waals surface area contributed by atoms with Crippen molar-refractivity contribution in [3.63, 3.8) is 0 Å². The Morgan fingerprint density at radius 2 is 1.67 bits per heavy atom. The molecule has 112 valence electrons. The lowest BCUT2D eigenvalue weighted by Gasteiger charge is -2.25. The van der Waals surface area contributed by atoms with Crippen LogP contribution in [0.25, 0.3) is 0 Å².